The van der Waals surface area contributed by atoms with Crippen LogP contribution in [0.25, 0.3) is 28.4 Å². The van der Waals surface area contributed by atoms with Gasteiger partial charge in [0.25, 0.3) is 0 Å². The summed E-state index contributed by atoms with van der Waals surface area (Å²) in [4.78, 5) is 28.5. The van der Waals surface area contributed by atoms with E-state index in [9.17, 15) is 91.3 Å². The first-order valence-electron chi connectivity index (χ1n) is 23.4. The average molecular weight is 1080 g/mol. The van der Waals surface area contributed by atoms with Crippen LogP contribution in [0.2, 0.25) is 0 Å². The number of esters is 1. The molecular weight excluding hydrogens is 1020 g/mol. The second-order valence-electron chi connectivity index (χ2n) is 18.2. The molecule has 0 bridgehead atoms. The maximum atomic E-state index is 14.6. The van der Waals surface area contributed by atoms with Crippen LogP contribution in [0.3, 0.4) is 0 Å². The Morgan fingerprint density at radius 1 is 0.579 bits per heavy atom. The molecular formula is C48H56O28. The van der Waals surface area contributed by atoms with E-state index in [0.717, 1.165) is 36.4 Å². The third kappa shape index (κ3) is 11.5. The third-order valence-electron chi connectivity index (χ3n) is 13.1. The number of aromatic hydroxyl groups is 5. The minimum atomic E-state index is -2.28. The van der Waals surface area contributed by atoms with Crippen LogP contribution in [0.1, 0.15) is 12.5 Å². The molecule has 4 aliphatic heterocycles. The van der Waals surface area contributed by atoms with Crippen molar-refractivity contribution in [1.82, 2.24) is 0 Å². The molecule has 4 saturated heterocycles. The Bertz CT molecular complexity index is 2730. The van der Waals surface area contributed by atoms with Gasteiger partial charge in [0.2, 0.25) is 17.5 Å². The average Bonchev–Trinajstić information content (AvgIpc) is 3.41. The lowest BCUT2D eigenvalue weighted by Gasteiger charge is -2.47. The summed E-state index contributed by atoms with van der Waals surface area (Å²) in [5.74, 6) is -5.65. The van der Waals surface area contributed by atoms with Gasteiger partial charge in [0.15, 0.2) is 42.2 Å². The molecule has 4 fully saturated rings. The maximum absolute atomic E-state index is 14.6. The Morgan fingerprint density at radius 2 is 1.18 bits per heavy atom. The Hall–Kier alpha value is -5.84. The van der Waals surface area contributed by atoms with Crippen molar-refractivity contribution in [2.75, 3.05) is 19.8 Å². The highest BCUT2D eigenvalue weighted by Gasteiger charge is 2.55. The molecule has 3 aromatic carbocycles. The van der Waals surface area contributed by atoms with Crippen LogP contribution in [0.4, 0.5) is 0 Å². The number of aliphatic hydroxyl groups excluding tert-OH is 11. The Labute approximate surface area is 427 Å². The Morgan fingerprint density at radius 3 is 1.79 bits per heavy atom. The molecule has 4 aromatic rings. The molecule has 0 amide bonds. The van der Waals surface area contributed by atoms with Gasteiger partial charge in [-0.3, -0.25) is 4.79 Å². The second-order valence-corrected chi connectivity index (χ2v) is 18.2. The number of carbonyl (C=O) groups is 1. The standard InChI is InChI=1S/C48H56O28/c1-16-30(57)41(74-46-37(64)35(62)31(58)25(13-49)70-46)39(66)45(68-16)67-15-27-33(60)42(75-47-38(65)36(63)32(59)26(14-50)71-47)44(73-28(56)9-4-17-2-6-19(51)7-3-17)48(72-27)76-43-34(61)29-23(55)11-20(52)12-24(29)69-40(43)18-5-8-21(53)22(54)10-18/h2-12,16,25-27,30-33,35-39,41-42,44-55,57-60,62-66H,13-15H2,1H3/b9-4+/t16-,25-,26-,27-,30-,31+,32+,33+,35+,36+,37-,38-,39+,41+,42+,44+,45?,46?,47?,48-/m0/s1. The van der Waals surface area contributed by atoms with Crippen molar-refractivity contribution < 1.29 is 134 Å². The number of hydrogen-bond acceptors (Lipinski definition) is 28. The lowest BCUT2D eigenvalue weighted by atomic mass is 9.96. The molecule has 8 rings (SSSR count). The number of carbonyl (C=O) groups excluding carboxylic acids is 1. The van der Waals surface area contributed by atoms with E-state index >= 15 is 0 Å². The van der Waals surface area contributed by atoms with Crippen LogP contribution in [0, 0.1) is 0 Å². The molecule has 1 aromatic heterocycles. The number of phenolic OH excluding ortho intramolecular Hbond substituents is 5. The van der Waals surface area contributed by atoms with Gasteiger partial charge in [0, 0.05) is 23.8 Å². The number of rotatable bonds is 15. The summed E-state index contributed by atoms with van der Waals surface area (Å²) in [6, 6.07) is 10.3. The molecule has 416 valence electrons. The maximum Gasteiger partial charge on any atom is 0.331 e. The predicted octanol–water partition coefficient (Wildman–Crippen LogP) is -4.07. The molecule has 76 heavy (non-hydrogen) atoms. The SMILES string of the molecule is C[C@@H]1OC(OC[C@@H]2O[C@@H](Oc3c(-c4ccc(O)c(O)c4)oc4cc(O)cc(O)c4c3=O)[C@H](OC(=O)/C=C/c3ccc(O)cc3)[C@H](OC3O[C@@H](CO)[C@@H](O)[C@@H](O)[C@@H]3O)[C@@H]2O)[C@H](O)[C@H](OC2O[C@@H](CO)[C@@H](O)[C@@H](O)[C@@H]2O)[C@H]1O. The molecule has 5 heterocycles. The number of benzene rings is 3. The van der Waals surface area contributed by atoms with E-state index in [-0.39, 0.29) is 11.3 Å². The summed E-state index contributed by atoms with van der Waals surface area (Å²) in [5.41, 5.74) is -1.52. The smallest absolute Gasteiger partial charge is 0.331 e. The summed E-state index contributed by atoms with van der Waals surface area (Å²) in [7, 11) is 0. The predicted molar refractivity (Wildman–Crippen MR) is 246 cm³/mol. The zero-order valence-electron chi connectivity index (χ0n) is 39.6. The van der Waals surface area contributed by atoms with Crippen LogP contribution in [-0.4, -0.2) is 230 Å². The second kappa shape index (κ2) is 23.4. The first kappa shape index (κ1) is 56.4. The quantitative estimate of drug-likeness (QED) is 0.0306. The summed E-state index contributed by atoms with van der Waals surface area (Å²) in [5, 5.41) is 169. The number of hydrogen-bond donors (Lipinski definition) is 16. The van der Waals surface area contributed by atoms with Gasteiger partial charge in [-0.05, 0) is 48.9 Å². The molecule has 0 spiro atoms. The van der Waals surface area contributed by atoms with E-state index in [1.807, 2.05) is 0 Å². The van der Waals surface area contributed by atoms with E-state index in [2.05, 4.69) is 0 Å². The first-order chi connectivity index (χ1) is 36.1. The number of aliphatic hydroxyl groups is 11. The number of fused-ring (bicyclic) bond motifs is 1. The van der Waals surface area contributed by atoms with Crippen LogP contribution in [0.15, 0.2) is 69.9 Å². The van der Waals surface area contributed by atoms with Gasteiger partial charge in [-0.2, -0.15) is 0 Å². The molecule has 0 saturated carbocycles. The van der Waals surface area contributed by atoms with E-state index in [0.29, 0.717) is 5.56 Å². The summed E-state index contributed by atoms with van der Waals surface area (Å²) in [6.07, 6.45) is -36.2. The van der Waals surface area contributed by atoms with Gasteiger partial charge < -0.3 is 129 Å². The monoisotopic (exact) mass is 1080 g/mol. The Kier molecular flexibility index (Phi) is 17.4. The van der Waals surface area contributed by atoms with E-state index < -0.39 is 200 Å². The fourth-order valence-corrected chi connectivity index (χ4v) is 8.83. The summed E-state index contributed by atoms with van der Waals surface area (Å²) < 4.78 is 58.6. The summed E-state index contributed by atoms with van der Waals surface area (Å²) in [6.45, 7) is -1.44. The van der Waals surface area contributed by atoms with Gasteiger partial charge in [-0.25, -0.2) is 4.79 Å². The van der Waals surface area contributed by atoms with Crippen molar-refractivity contribution >= 4 is 23.0 Å². The van der Waals surface area contributed by atoms with E-state index in [1.165, 1.54) is 37.3 Å². The van der Waals surface area contributed by atoms with Crippen LogP contribution >= 0.6 is 0 Å². The molecule has 0 aliphatic carbocycles. The zero-order chi connectivity index (χ0) is 55.0. The van der Waals surface area contributed by atoms with Crippen molar-refractivity contribution in [3.05, 3.63) is 76.5 Å². The van der Waals surface area contributed by atoms with Gasteiger partial charge in [-0.15, -0.1) is 0 Å². The minimum Gasteiger partial charge on any atom is -0.508 e. The number of phenols is 5. The fraction of sp³-hybridized carbons (Fsp3) is 0.500. The molecule has 3 unspecified atom stereocenters. The van der Waals surface area contributed by atoms with E-state index in [1.54, 1.807) is 0 Å². The van der Waals surface area contributed by atoms with Crippen molar-refractivity contribution in [2.45, 2.75) is 130 Å². The van der Waals surface area contributed by atoms with Crippen LogP contribution < -0.4 is 10.2 Å². The number of ether oxygens (including phenoxy) is 9. The highest BCUT2D eigenvalue weighted by molar-refractivity contribution is 5.89. The first-order valence-corrected chi connectivity index (χ1v) is 23.4. The Balaban J connectivity index is 1.19. The molecule has 28 heteroatoms. The highest BCUT2D eigenvalue weighted by atomic mass is 16.8. The van der Waals surface area contributed by atoms with E-state index in [4.69, 9.17) is 47.0 Å². The lowest BCUT2D eigenvalue weighted by molar-refractivity contribution is -0.368. The van der Waals surface area contributed by atoms with Gasteiger partial charge in [0.05, 0.1) is 25.9 Å². The fourth-order valence-electron chi connectivity index (χ4n) is 8.83. The normalized spacial score (nSPS) is 36.1. The summed E-state index contributed by atoms with van der Waals surface area (Å²) >= 11 is 0. The highest BCUT2D eigenvalue weighted by Crippen LogP contribution is 2.41. The topological polar surface area (TPSA) is 454 Å². The molecule has 0 radical (unpaired) electrons. The van der Waals surface area contributed by atoms with Crippen molar-refractivity contribution in [3.8, 4) is 45.8 Å². The van der Waals surface area contributed by atoms with Crippen LogP contribution in [-0.2, 0) is 42.7 Å². The van der Waals surface area contributed by atoms with Crippen molar-refractivity contribution in [2.24, 2.45) is 0 Å². The zero-order valence-corrected chi connectivity index (χ0v) is 39.6. The minimum absolute atomic E-state index is 0.108. The largest absolute Gasteiger partial charge is 0.508 e. The van der Waals surface area contributed by atoms with Gasteiger partial charge >= 0.3 is 5.97 Å². The van der Waals surface area contributed by atoms with Crippen molar-refractivity contribution in [3.63, 3.8) is 0 Å². The van der Waals surface area contributed by atoms with Gasteiger partial charge in [0.1, 0.15) is 114 Å². The molecule has 16 N–H and O–H groups in total. The third-order valence-corrected chi connectivity index (χ3v) is 13.1. The molecule has 4 aliphatic rings. The molecule has 20 atom stereocenters. The van der Waals surface area contributed by atoms with Crippen molar-refractivity contribution in [1.29, 1.82) is 0 Å². The van der Waals surface area contributed by atoms with Gasteiger partial charge in [-0.1, -0.05) is 12.1 Å². The van der Waals surface area contributed by atoms with Crippen LogP contribution in [0.5, 0.6) is 34.5 Å². The lowest BCUT2D eigenvalue weighted by Crippen LogP contribution is -2.66. The molecule has 28 nitrogen and oxygen atoms in total.